The second-order valence-electron chi connectivity index (χ2n) is 8.15. The molecule has 0 aromatic heterocycles. The van der Waals surface area contributed by atoms with E-state index in [1.54, 1.807) is 35.2 Å². The van der Waals surface area contributed by atoms with Gasteiger partial charge < -0.3 is 10.2 Å². The molecule has 1 N–H and O–H groups in total. The first kappa shape index (κ1) is 21.5. The van der Waals surface area contributed by atoms with E-state index in [0.29, 0.717) is 38.0 Å². The number of hydrogen-bond acceptors (Lipinski definition) is 4. The van der Waals surface area contributed by atoms with E-state index in [1.807, 2.05) is 25.1 Å². The Balaban J connectivity index is 1.47. The zero-order valence-electron chi connectivity index (χ0n) is 17.6. The summed E-state index contributed by atoms with van der Waals surface area (Å²) >= 11 is 0. The number of nitrogens with one attached hydrogen (secondary N) is 1. The Morgan fingerprint density at radius 1 is 1.06 bits per heavy atom. The molecule has 1 atom stereocenters. The summed E-state index contributed by atoms with van der Waals surface area (Å²) in [5, 5.41) is 2.93. The first-order valence-corrected chi connectivity index (χ1v) is 12.1. The van der Waals surface area contributed by atoms with Gasteiger partial charge in [-0.3, -0.25) is 9.59 Å². The van der Waals surface area contributed by atoms with Crippen LogP contribution in [-0.2, 0) is 19.6 Å². The van der Waals surface area contributed by atoms with Crippen molar-refractivity contribution in [2.24, 2.45) is 5.92 Å². The number of carbonyl (C=O) groups is 2. The molecule has 2 aromatic rings. The molecule has 0 unspecified atom stereocenters. The second-order valence-corrected chi connectivity index (χ2v) is 10.1. The minimum Gasteiger partial charge on any atom is -0.326 e. The Morgan fingerprint density at radius 2 is 1.84 bits per heavy atom. The molecule has 2 aromatic carbocycles. The fourth-order valence-electron chi connectivity index (χ4n) is 4.24. The van der Waals surface area contributed by atoms with Crippen molar-refractivity contribution in [1.82, 2.24) is 4.31 Å². The van der Waals surface area contributed by atoms with Crippen molar-refractivity contribution in [1.29, 1.82) is 0 Å². The van der Waals surface area contributed by atoms with Crippen molar-refractivity contribution in [2.45, 2.75) is 37.5 Å². The zero-order chi connectivity index (χ0) is 22.0. The topological polar surface area (TPSA) is 86.8 Å². The summed E-state index contributed by atoms with van der Waals surface area (Å²) in [5.74, 6) is -0.526. The lowest BCUT2D eigenvalue weighted by atomic mass is 9.98. The van der Waals surface area contributed by atoms with Crippen LogP contribution in [0.5, 0.6) is 0 Å². The fourth-order valence-corrected chi connectivity index (χ4v) is 5.79. The summed E-state index contributed by atoms with van der Waals surface area (Å²) in [5.41, 5.74) is 2.41. The van der Waals surface area contributed by atoms with E-state index < -0.39 is 15.9 Å². The molecule has 0 saturated carbocycles. The van der Waals surface area contributed by atoms with Crippen molar-refractivity contribution in [2.75, 3.05) is 29.9 Å². The third-order valence-electron chi connectivity index (χ3n) is 5.98. The average molecular weight is 442 g/mol. The quantitative estimate of drug-likeness (QED) is 0.772. The molecule has 2 fully saturated rings. The number of aryl methyl sites for hydroxylation is 1. The second kappa shape index (κ2) is 8.80. The van der Waals surface area contributed by atoms with Gasteiger partial charge in [-0.1, -0.05) is 24.3 Å². The molecule has 7 nitrogen and oxygen atoms in total. The highest BCUT2D eigenvalue weighted by Crippen LogP contribution is 2.29. The lowest BCUT2D eigenvalue weighted by molar-refractivity contribution is -0.121. The SMILES string of the molecule is Cc1ccc(NC(=O)[C@H]2CCCN(S(=O)(=O)c3ccccc3)C2)cc1N1CCCC1=O. The molecule has 0 spiro atoms. The normalized spacial score (nSPS) is 20.1. The Labute approximate surface area is 183 Å². The highest BCUT2D eigenvalue weighted by atomic mass is 32.2. The van der Waals surface area contributed by atoms with Crippen LogP contribution < -0.4 is 10.2 Å². The molecule has 2 aliphatic rings. The number of nitrogens with zero attached hydrogens (tertiary/aromatic N) is 2. The van der Waals surface area contributed by atoms with E-state index in [1.165, 1.54) is 4.31 Å². The smallest absolute Gasteiger partial charge is 0.243 e. The third kappa shape index (κ3) is 4.50. The van der Waals surface area contributed by atoms with Crippen molar-refractivity contribution in [3.63, 3.8) is 0 Å². The van der Waals surface area contributed by atoms with Gasteiger partial charge in [-0.05, 0) is 56.0 Å². The molecule has 2 heterocycles. The van der Waals surface area contributed by atoms with Gasteiger partial charge in [0, 0.05) is 37.4 Å². The van der Waals surface area contributed by atoms with E-state index >= 15 is 0 Å². The lowest BCUT2D eigenvalue weighted by Gasteiger charge is -2.31. The number of carbonyl (C=O) groups excluding carboxylic acids is 2. The van der Waals surface area contributed by atoms with Crippen LogP contribution in [-0.4, -0.2) is 44.2 Å². The Hall–Kier alpha value is -2.71. The fraction of sp³-hybridized carbons (Fsp3) is 0.391. The summed E-state index contributed by atoms with van der Waals surface area (Å²) in [6.45, 7) is 3.20. The van der Waals surface area contributed by atoms with Gasteiger partial charge in [-0.2, -0.15) is 4.31 Å². The Bertz CT molecular complexity index is 1090. The third-order valence-corrected chi connectivity index (χ3v) is 7.86. The number of piperidine rings is 1. The molecule has 31 heavy (non-hydrogen) atoms. The number of hydrogen-bond donors (Lipinski definition) is 1. The van der Waals surface area contributed by atoms with Gasteiger partial charge >= 0.3 is 0 Å². The summed E-state index contributed by atoms with van der Waals surface area (Å²) < 4.78 is 27.3. The summed E-state index contributed by atoms with van der Waals surface area (Å²) in [4.78, 5) is 27.1. The standard InChI is InChI=1S/C23H27N3O4S/c1-17-11-12-19(15-21(17)26-14-6-10-22(26)27)24-23(28)18-7-5-13-25(16-18)31(29,30)20-8-3-2-4-9-20/h2-4,8-9,11-12,15,18H,5-7,10,13-14,16H2,1H3,(H,24,28)/t18-/m0/s1. The Morgan fingerprint density at radius 3 is 2.55 bits per heavy atom. The molecule has 4 rings (SSSR count). The van der Waals surface area contributed by atoms with E-state index in [4.69, 9.17) is 0 Å². The lowest BCUT2D eigenvalue weighted by Crippen LogP contribution is -2.43. The molecule has 2 saturated heterocycles. The molecule has 8 heteroatoms. The van der Waals surface area contributed by atoms with Gasteiger partial charge in [-0.25, -0.2) is 8.42 Å². The van der Waals surface area contributed by atoms with Crippen molar-refractivity contribution in [3.8, 4) is 0 Å². The molecule has 0 radical (unpaired) electrons. The van der Waals surface area contributed by atoms with Gasteiger partial charge in [0.1, 0.15) is 0 Å². The van der Waals surface area contributed by atoms with Crippen LogP contribution in [0.2, 0.25) is 0 Å². The number of amides is 2. The van der Waals surface area contributed by atoms with Crippen molar-refractivity contribution in [3.05, 3.63) is 54.1 Å². The predicted molar refractivity (Wildman–Crippen MR) is 119 cm³/mol. The van der Waals surface area contributed by atoms with Gasteiger partial charge in [0.05, 0.1) is 10.8 Å². The van der Waals surface area contributed by atoms with Crippen LogP contribution >= 0.6 is 0 Å². The molecule has 164 valence electrons. The van der Waals surface area contributed by atoms with E-state index in [2.05, 4.69) is 5.32 Å². The average Bonchev–Trinajstić information content (AvgIpc) is 3.21. The molecule has 0 bridgehead atoms. The first-order chi connectivity index (χ1) is 14.9. The van der Waals surface area contributed by atoms with E-state index in [0.717, 1.165) is 17.7 Å². The number of rotatable bonds is 5. The monoisotopic (exact) mass is 441 g/mol. The predicted octanol–water partition coefficient (Wildman–Crippen LogP) is 3.16. The van der Waals surface area contributed by atoms with Crippen LogP contribution in [0.4, 0.5) is 11.4 Å². The van der Waals surface area contributed by atoms with E-state index in [-0.39, 0.29) is 23.3 Å². The van der Waals surface area contributed by atoms with Crippen molar-refractivity contribution < 1.29 is 18.0 Å². The van der Waals surface area contributed by atoms with Crippen LogP contribution in [0.25, 0.3) is 0 Å². The van der Waals surface area contributed by atoms with Crippen LogP contribution in [0.15, 0.2) is 53.4 Å². The summed E-state index contributed by atoms with van der Waals surface area (Å²) in [7, 11) is -3.62. The maximum absolute atomic E-state index is 12.9. The van der Waals surface area contributed by atoms with Crippen LogP contribution in [0.1, 0.15) is 31.2 Å². The minimum atomic E-state index is -3.62. The molecule has 2 aliphatic heterocycles. The zero-order valence-corrected chi connectivity index (χ0v) is 18.4. The van der Waals surface area contributed by atoms with Crippen LogP contribution in [0, 0.1) is 12.8 Å². The van der Waals surface area contributed by atoms with Gasteiger partial charge in [-0.15, -0.1) is 0 Å². The van der Waals surface area contributed by atoms with Gasteiger partial charge in [0.25, 0.3) is 0 Å². The largest absolute Gasteiger partial charge is 0.326 e. The highest BCUT2D eigenvalue weighted by Gasteiger charge is 2.33. The van der Waals surface area contributed by atoms with Gasteiger partial charge in [0.15, 0.2) is 0 Å². The molecular weight excluding hydrogens is 414 g/mol. The van der Waals surface area contributed by atoms with Gasteiger partial charge in [0.2, 0.25) is 21.8 Å². The van der Waals surface area contributed by atoms with Crippen LogP contribution in [0.3, 0.4) is 0 Å². The van der Waals surface area contributed by atoms with E-state index in [9.17, 15) is 18.0 Å². The molecule has 0 aliphatic carbocycles. The minimum absolute atomic E-state index is 0.0978. The van der Waals surface area contributed by atoms with Crippen molar-refractivity contribution >= 4 is 33.2 Å². The Kier molecular flexibility index (Phi) is 6.11. The highest BCUT2D eigenvalue weighted by molar-refractivity contribution is 7.89. The maximum Gasteiger partial charge on any atom is 0.243 e. The number of benzene rings is 2. The molecular formula is C23H27N3O4S. The maximum atomic E-state index is 12.9. The summed E-state index contributed by atoms with van der Waals surface area (Å²) in [6, 6.07) is 13.9. The molecule has 2 amide bonds. The number of anilines is 2. The summed E-state index contributed by atoms with van der Waals surface area (Å²) in [6.07, 6.45) is 2.65. The number of sulfonamides is 1. The first-order valence-electron chi connectivity index (χ1n) is 10.6.